The summed E-state index contributed by atoms with van der Waals surface area (Å²) >= 11 is 1.24. The average Bonchev–Trinajstić information content (AvgIpc) is 2.96. The predicted molar refractivity (Wildman–Crippen MR) is 73.6 cm³/mol. The maximum Gasteiger partial charge on any atom is 0.419 e. The van der Waals surface area contributed by atoms with E-state index in [9.17, 15) is 23.1 Å². The quantitative estimate of drug-likeness (QED) is 0.863. The van der Waals surface area contributed by atoms with Crippen LogP contribution in [-0.2, 0) is 6.42 Å². The summed E-state index contributed by atoms with van der Waals surface area (Å²) < 4.78 is 38.0. The number of thiazole rings is 1. The van der Waals surface area contributed by atoms with E-state index in [0.717, 1.165) is 4.90 Å². The van der Waals surface area contributed by atoms with E-state index in [1.807, 2.05) is 0 Å². The van der Waals surface area contributed by atoms with Gasteiger partial charge in [0.15, 0.2) is 5.60 Å². The zero-order chi connectivity index (χ0) is 15.0. The van der Waals surface area contributed by atoms with Crippen molar-refractivity contribution < 1.29 is 23.1 Å². The molecule has 5 nitrogen and oxygen atoms in total. The number of likely N-dealkylation sites (tertiary alicyclic amines) is 1. The maximum absolute atomic E-state index is 12.7. The summed E-state index contributed by atoms with van der Waals surface area (Å²) in [6.07, 6.45) is -4.73. The third-order valence-corrected chi connectivity index (χ3v) is 4.10. The summed E-state index contributed by atoms with van der Waals surface area (Å²) in [5.41, 5.74) is 2.65. The van der Waals surface area contributed by atoms with Crippen LogP contribution in [0.15, 0.2) is 5.38 Å². The van der Waals surface area contributed by atoms with Crippen molar-refractivity contribution >= 4 is 29.7 Å². The lowest BCUT2D eigenvalue weighted by Gasteiger charge is -2.25. The van der Waals surface area contributed by atoms with Crippen molar-refractivity contribution in [3.8, 4) is 0 Å². The molecule has 0 bridgehead atoms. The Labute approximate surface area is 129 Å². The van der Waals surface area contributed by atoms with Crippen LogP contribution in [0.5, 0.6) is 0 Å². The van der Waals surface area contributed by atoms with Gasteiger partial charge in [-0.25, -0.2) is 4.98 Å². The number of β-amino-alcohol motifs (C(OH)–C–C–N with tert-alkyl or cyclic N) is 1. The van der Waals surface area contributed by atoms with Crippen LogP contribution >= 0.6 is 23.7 Å². The summed E-state index contributed by atoms with van der Waals surface area (Å²) in [5, 5.41) is 11.7. The van der Waals surface area contributed by atoms with Crippen molar-refractivity contribution in [3.63, 3.8) is 0 Å². The molecule has 1 atom stereocenters. The van der Waals surface area contributed by atoms with Gasteiger partial charge in [-0.2, -0.15) is 13.2 Å². The first-order chi connectivity index (χ1) is 9.27. The molecular formula is C11H15ClF3N3O2S. The first kappa shape index (κ1) is 18.1. The fourth-order valence-electron chi connectivity index (χ4n) is 2.01. The van der Waals surface area contributed by atoms with Gasteiger partial charge in [0.05, 0.1) is 11.6 Å². The van der Waals surface area contributed by atoms with E-state index in [4.69, 9.17) is 5.73 Å². The Hall–Kier alpha value is -0.900. The van der Waals surface area contributed by atoms with Crippen molar-refractivity contribution in [2.45, 2.75) is 24.6 Å². The van der Waals surface area contributed by atoms with Gasteiger partial charge in [-0.3, -0.25) is 4.79 Å². The first-order valence-electron chi connectivity index (χ1n) is 6.00. The summed E-state index contributed by atoms with van der Waals surface area (Å²) in [6.45, 7) is -0.504. The van der Waals surface area contributed by atoms with Crippen LogP contribution in [0.4, 0.5) is 13.2 Å². The van der Waals surface area contributed by atoms with Crippen LogP contribution < -0.4 is 5.73 Å². The monoisotopic (exact) mass is 345 g/mol. The minimum absolute atomic E-state index is 0. The van der Waals surface area contributed by atoms with Gasteiger partial charge in [0.25, 0.3) is 5.91 Å². The van der Waals surface area contributed by atoms with Gasteiger partial charge >= 0.3 is 6.18 Å². The molecule has 0 spiro atoms. The van der Waals surface area contributed by atoms with Crippen molar-refractivity contribution in [2.24, 2.45) is 5.73 Å². The number of carbonyl (C=O) groups excluding carboxylic acids is 1. The smallest absolute Gasteiger partial charge is 0.379 e. The Morgan fingerprint density at radius 1 is 1.57 bits per heavy atom. The molecule has 0 radical (unpaired) electrons. The summed E-state index contributed by atoms with van der Waals surface area (Å²) in [7, 11) is 0. The molecule has 10 heteroatoms. The van der Waals surface area contributed by atoms with E-state index in [-0.39, 0.29) is 24.6 Å². The zero-order valence-electron chi connectivity index (χ0n) is 10.9. The number of amides is 1. The molecule has 1 aliphatic rings. The highest BCUT2D eigenvalue weighted by Crippen LogP contribution is 2.38. The normalized spacial score (nSPS) is 22.2. The van der Waals surface area contributed by atoms with E-state index < -0.39 is 30.7 Å². The number of nitrogens with two attached hydrogens (primary N) is 1. The van der Waals surface area contributed by atoms with Crippen molar-refractivity contribution in [2.75, 3.05) is 19.6 Å². The molecule has 1 aromatic heterocycles. The van der Waals surface area contributed by atoms with Crippen molar-refractivity contribution in [1.82, 2.24) is 9.88 Å². The standard InChI is InChI=1S/C11H14F3N3O2S.ClH/c12-11(13,14)10(19)2-4-17(6-10)9(18)7-5-20-8(16-7)1-3-15;/h5,19H,1-4,6,15H2;1H. The minimum atomic E-state index is -4.74. The van der Waals surface area contributed by atoms with Crippen LogP contribution in [-0.4, -0.2) is 52.3 Å². The molecule has 1 fully saturated rings. The van der Waals surface area contributed by atoms with Gasteiger partial charge in [0, 0.05) is 24.8 Å². The Bertz CT molecular complexity index is 511. The molecule has 3 N–H and O–H groups in total. The molecule has 2 heterocycles. The number of aliphatic hydroxyl groups is 1. The fourth-order valence-corrected chi connectivity index (χ4v) is 2.80. The van der Waals surface area contributed by atoms with E-state index in [1.54, 1.807) is 0 Å². The van der Waals surface area contributed by atoms with Crippen molar-refractivity contribution in [3.05, 3.63) is 16.1 Å². The third-order valence-electron chi connectivity index (χ3n) is 3.19. The molecule has 0 aromatic carbocycles. The van der Waals surface area contributed by atoms with Gasteiger partial charge in [-0.1, -0.05) is 0 Å². The first-order valence-corrected chi connectivity index (χ1v) is 6.88. The Kier molecular flexibility index (Phi) is 5.59. The van der Waals surface area contributed by atoms with E-state index in [2.05, 4.69) is 4.98 Å². The average molecular weight is 346 g/mol. The second-order valence-corrected chi connectivity index (χ2v) is 5.61. The fraction of sp³-hybridized carbons (Fsp3) is 0.636. The largest absolute Gasteiger partial charge is 0.419 e. The topological polar surface area (TPSA) is 79.5 Å². The van der Waals surface area contributed by atoms with Gasteiger partial charge in [-0.05, 0) is 6.54 Å². The second-order valence-electron chi connectivity index (χ2n) is 4.67. The van der Waals surface area contributed by atoms with E-state index in [0.29, 0.717) is 18.0 Å². The molecule has 1 saturated heterocycles. The lowest BCUT2D eigenvalue weighted by molar-refractivity contribution is -0.253. The van der Waals surface area contributed by atoms with Crippen LogP contribution in [0, 0.1) is 0 Å². The Morgan fingerprint density at radius 2 is 2.24 bits per heavy atom. The molecule has 0 saturated carbocycles. The molecule has 21 heavy (non-hydrogen) atoms. The Balaban J connectivity index is 0.00000220. The molecule has 1 aromatic rings. The number of hydrogen-bond acceptors (Lipinski definition) is 5. The van der Waals surface area contributed by atoms with Gasteiger partial charge in [-0.15, -0.1) is 23.7 Å². The van der Waals surface area contributed by atoms with Crippen LogP contribution in [0.25, 0.3) is 0 Å². The van der Waals surface area contributed by atoms with Gasteiger partial charge in [0.1, 0.15) is 5.69 Å². The second kappa shape index (κ2) is 6.47. The number of carbonyl (C=O) groups is 1. The highest BCUT2D eigenvalue weighted by Gasteiger charge is 2.57. The molecule has 1 aliphatic heterocycles. The predicted octanol–water partition coefficient (Wildman–Crippen LogP) is 1.21. The lowest BCUT2D eigenvalue weighted by Crippen LogP contribution is -2.48. The van der Waals surface area contributed by atoms with Crippen LogP contribution in [0.2, 0.25) is 0 Å². The highest BCUT2D eigenvalue weighted by molar-refractivity contribution is 7.09. The number of rotatable bonds is 3. The van der Waals surface area contributed by atoms with Crippen LogP contribution in [0.1, 0.15) is 21.9 Å². The number of hydrogen-bond donors (Lipinski definition) is 2. The molecule has 1 unspecified atom stereocenters. The summed E-state index contributed by atoms with van der Waals surface area (Å²) in [4.78, 5) is 17.1. The number of aromatic nitrogens is 1. The number of alkyl halides is 3. The summed E-state index contributed by atoms with van der Waals surface area (Å²) in [6, 6.07) is 0. The van der Waals surface area contributed by atoms with Crippen molar-refractivity contribution in [1.29, 1.82) is 0 Å². The Morgan fingerprint density at radius 3 is 2.76 bits per heavy atom. The summed E-state index contributed by atoms with van der Waals surface area (Å²) in [5.74, 6) is -0.593. The molecule has 2 rings (SSSR count). The highest BCUT2D eigenvalue weighted by atomic mass is 35.5. The molecule has 0 aliphatic carbocycles. The molecule has 1 amide bonds. The lowest BCUT2D eigenvalue weighted by atomic mass is 10.0. The minimum Gasteiger partial charge on any atom is -0.379 e. The number of nitrogens with zero attached hydrogens (tertiary/aromatic N) is 2. The van der Waals surface area contributed by atoms with Gasteiger partial charge < -0.3 is 15.7 Å². The SMILES string of the molecule is Cl.NCCc1nc(C(=O)N2CCC(O)(C(F)(F)F)C2)cs1. The van der Waals surface area contributed by atoms with E-state index in [1.165, 1.54) is 16.7 Å². The van der Waals surface area contributed by atoms with E-state index >= 15 is 0 Å². The van der Waals surface area contributed by atoms with Gasteiger partial charge in [0.2, 0.25) is 0 Å². The number of halogens is 4. The third kappa shape index (κ3) is 3.65. The molecular weight excluding hydrogens is 331 g/mol. The zero-order valence-corrected chi connectivity index (χ0v) is 12.5. The maximum atomic E-state index is 12.7. The molecule has 120 valence electrons. The van der Waals surface area contributed by atoms with Crippen LogP contribution in [0.3, 0.4) is 0 Å².